The van der Waals surface area contributed by atoms with Crippen molar-refractivity contribution in [3.8, 4) is 0 Å². The molecule has 0 saturated carbocycles. The summed E-state index contributed by atoms with van der Waals surface area (Å²) in [6, 6.07) is 4.35. The molecule has 3 N–H and O–H groups in total. The Bertz CT molecular complexity index is 420. The van der Waals surface area contributed by atoms with E-state index in [-0.39, 0.29) is 18.6 Å². The number of alkyl halides is 3. The SMILES string of the molecule is NC(=O)OC(CCO)c1cccc(C(F)(F)F)c1. The van der Waals surface area contributed by atoms with E-state index in [9.17, 15) is 18.0 Å². The molecule has 0 bridgehead atoms. The first-order chi connectivity index (χ1) is 8.34. The van der Waals surface area contributed by atoms with E-state index in [0.29, 0.717) is 0 Å². The summed E-state index contributed by atoms with van der Waals surface area (Å²) in [6.07, 6.45) is -6.60. The van der Waals surface area contributed by atoms with Crippen LogP contribution < -0.4 is 5.73 Å². The van der Waals surface area contributed by atoms with Gasteiger partial charge in [-0.25, -0.2) is 4.79 Å². The second kappa shape index (κ2) is 5.72. The Morgan fingerprint density at radius 3 is 2.61 bits per heavy atom. The molecule has 0 spiro atoms. The molecule has 0 fully saturated rings. The minimum Gasteiger partial charge on any atom is -0.441 e. The van der Waals surface area contributed by atoms with E-state index in [1.165, 1.54) is 12.1 Å². The Morgan fingerprint density at radius 1 is 1.44 bits per heavy atom. The van der Waals surface area contributed by atoms with Crippen molar-refractivity contribution in [3.05, 3.63) is 35.4 Å². The van der Waals surface area contributed by atoms with Gasteiger partial charge in [0.25, 0.3) is 0 Å². The number of carbonyl (C=O) groups excluding carboxylic acids is 1. The van der Waals surface area contributed by atoms with Crippen molar-refractivity contribution in [2.24, 2.45) is 5.73 Å². The molecule has 0 aliphatic rings. The number of benzene rings is 1. The van der Waals surface area contributed by atoms with Gasteiger partial charge in [-0.2, -0.15) is 13.2 Å². The zero-order valence-corrected chi connectivity index (χ0v) is 9.28. The molecule has 7 heteroatoms. The summed E-state index contributed by atoms with van der Waals surface area (Å²) in [7, 11) is 0. The molecule has 100 valence electrons. The molecule has 0 aliphatic carbocycles. The van der Waals surface area contributed by atoms with Crippen LogP contribution in [0.2, 0.25) is 0 Å². The van der Waals surface area contributed by atoms with E-state index in [0.717, 1.165) is 12.1 Å². The van der Waals surface area contributed by atoms with E-state index < -0.39 is 23.9 Å². The molecule has 1 amide bonds. The molecule has 0 heterocycles. The Kier molecular flexibility index (Phi) is 4.55. The van der Waals surface area contributed by atoms with E-state index >= 15 is 0 Å². The smallest absolute Gasteiger partial charge is 0.416 e. The zero-order chi connectivity index (χ0) is 13.8. The summed E-state index contributed by atoms with van der Waals surface area (Å²) >= 11 is 0. The molecule has 0 saturated heterocycles. The number of carbonyl (C=O) groups is 1. The second-order valence-electron chi connectivity index (χ2n) is 3.56. The molecule has 1 unspecified atom stereocenters. The third kappa shape index (κ3) is 3.92. The van der Waals surface area contributed by atoms with Gasteiger partial charge in [-0.3, -0.25) is 0 Å². The Labute approximate surface area is 101 Å². The van der Waals surface area contributed by atoms with E-state index in [1.807, 2.05) is 0 Å². The third-order valence-corrected chi connectivity index (χ3v) is 2.24. The fraction of sp³-hybridized carbons (Fsp3) is 0.364. The van der Waals surface area contributed by atoms with Crippen LogP contribution in [0.5, 0.6) is 0 Å². The standard InChI is InChI=1S/C11H12F3NO3/c12-11(13,14)8-3-1-2-7(6-8)9(4-5-16)18-10(15)17/h1-3,6,9,16H,4-5H2,(H2,15,17). The summed E-state index contributed by atoms with van der Waals surface area (Å²) < 4.78 is 42.1. The predicted molar refractivity (Wildman–Crippen MR) is 56.6 cm³/mol. The van der Waals surface area contributed by atoms with Gasteiger partial charge < -0.3 is 15.6 Å². The lowest BCUT2D eigenvalue weighted by atomic mass is 10.0. The van der Waals surface area contributed by atoms with Crippen molar-refractivity contribution < 1.29 is 27.8 Å². The predicted octanol–water partition coefficient (Wildman–Crippen LogP) is 2.22. The van der Waals surface area contributed by atoms with Crippen molar-refractivity contribution in [1.82, 2.24) is 0 Å². The third-order valence-electron chi connectivity index (χ3n) is 2.24. The van der Waals surface area contributed by atoms with Gasteiger partial charge in [-0.1, -0.05) is 12.1 Å². The quantitative estimate of drug-likeness (QED) is 0.874. The van der Waals surface area contributed by atoms with Gasteiger partial charge in [-0.15, -0.1) is 0 Å². The van der Waals surface area contributed by atoms with Gasteiger partial charge in [0, 0.05) is 13.0 Å². The minimum atomic E-state index is -4.48. The Hall–Kier alpha value is -1.76. The highest BCUT2D eigenvalue weighted by molar-refractivity contribution is 5.65. The van der Waals surface area contributed by atoms with Gasteiger partial charge in [0.2, 0.25) is 0 Å². The molecular weight excluding hydrogens is 251 g/mol. The number of primary amides is 1. The normalized spacial score (nSPS) is 13.1. The molecular formula is C11H12F3NO3. The maximum Gasteiger partial charge on any atom is 0.416 e. The largest absolute Gasteiger partial charge is 0.441 e. The van der Waals surface area contributed by atoms with Crippen LogP contribution in [0.3, 0.4) is 0 Å². The maximum atomic E-state index is 12.5. The van der Waals surface area contributed by atoms with Crippen LogP contribution in [0.25, 0.3) is 0 Å². The number of rotatable bonds is 4. The van der Waals surface area contributed by atoms with Crippen LogP contribution in [0.4, 0.5) is 18.0 Å². The van der Waals surface area contributed by atoms with Crippen molar-refractivity contribution >= 4 is 6.09 Å². The van der Waals surface area contributed by atoms with Crippen molar-refractivity contribution in [2.75, 3.05) is 6.61 Å². The molecule has 1 aromatic carbocycles. The number of ether oxygens (including phenoxy) is 1. The summed E-state index contributed by atoms with van der Waals surface area (Å²) in [6.45, 7) is -0.339. The Balaban J connectivity index is 3.01. The average molecular weight is 263 g/mol. The highest BCUT2D eigenvalue weighted by atomic mass is 19.4. The van der Waals surface area contributed by atoms with Crippen LogP contribution >= 0.6 is 0 Å². The Morgan fingerprint density at radius 2 is 2.11 bits per heavy atom. The first kappa shape index (κ1) is 14.3. The topological polar surface area (TPSA) is 72.6 Å². The molecule has 0 radical (unpaired) electrons. The maximum absolute atomic E-state index is 12.5. The number of hydrogen-bond acceptors (Lipinski definition) is 3. The van der Waals surface area contributed by atoms with Crippen molar-refractivity contribution in [2.45, 2.75) is 18.7 Å². The molecule has 1 atom stereocenters. The average Bonchev–Trinajstić information content (AvgIpc) is 2.27. The number of aliphatic hydroxyl groups excluding tert-OH is 1. The van der Waals surface area contributed by atoms with Gasteiger partial charge >= 0.3 is 12.3 Å². The van der Waals surface area contributed by atoms with Crippen LogP contribution in [-0.2, 0) is 10.9 Å². The number of halogens is 3. The monoisotopic (exact) mass is 263 g/mol. The molecule has 0 aliphatic heterocycles. The highest BCUT2D eigenvalue weighted by Gasteiger charge is 2.31. The van der Waals surface area contributed by atoms with Crippen LogP contribution in [0, 0.1) is 0 Å². The molecule has 18 heavy (non-hydrogen) atoms. The fourth-order valence-corrected chi connectivity index (χ4v) is 1.47. The summed E-state index contributed by atoms with van der Waals surface area (Å²) in [5.41, 5.74) is 4.11. The van der Waals surface area contributed by atoms with Crippen LogP contribution in [0.1, 0.15) is 23.7 Å². The van der Waals surface area contributed by atoms with Crippen LogP contribution in [-0.4, -0.2) is 17.8 Å². The van der Waals surface area contributed by atoms with Gasteiger partial charge in [0.05, 0.1) is 5.56 Å². The van der Waals surface area contributed by atoms with Gasteiger partial charge in [0.15, 0.2) is 0 Å². The first-order valence-corrected chi connectivity index (χ1v) is 5.08. The minimum absolute atomic E-state index is 0.0236. The lowest BCUT2D eigenvalue weighted by molar-refractivity contribution is -0.137. The lowest BCUT2D eigenvalue weighted by Gasteiger charge is -2.17. The fourth-order valence-electron chi connectivity index (χ4n) is 1.47. The van der Waals surface area contributed by atoms with Crippen molar-refractivity contribution in [3.63, 3.8) is 0 Å². The molecule has 4 nitrogen and oxygen atoms in total. The van der Waals surface area contributed by atoms with Gasteiger partial charge in [-0.05, 0) is 17.7 Å². The summed E-state index contributed by atoms with van der Waals surface area (Å²) in [5.74, 6) is 0. The van der Waals surface area contributed by atoms with Gasteiger partial charge in [0.1, 0.15) is 6.10 Å². The number of aliphatic hydroxyl groups is 1. The first-order valence-electron chi connectivity index (χ1n) is 5.08. The second-order valence-corrected chi connectivity index (χ2v) is 3.56. The summed E-state index contributed by atoms with van der Waals surface area (Å²) in [4.78, 5) is 10.6. The lowest BCUT2D eigenvalue weighted by Crippen LogP contribution is -2.18. The molecule has 0 aromatic heterocycles. The van der Waals surface area contributed by atoms with Crippen molar-refractivity contribution in [1.29, 1.82) is 0 Å². The van der Waals surface area contributed by atoms with E-state index in [4.69, 9.17) is 10.8 Å². The van der Waals surface area contributed by atoms with Crippen LogP contribution in [0.15, 0.2) is 24.3 Å². The number of hydrogen-bond donors (Lipinski definition) is 2. The summed E-state index contributed by atoms with van der Waals surface area (Å²) in [5, 5.41) is 8.79. The zero-order valence-electron chi connectivity index (χ0n) is 9.28. The van der Waals surface area contributed by atoms with E-state index in [2.05, 4.69) is 4.74 Å². The highest BCUT2D eigenvalue weighted by Crippen LogP contribution is 2.32. The number of nitrogens with two attached hydrogens (primary N) is 1. The molecule has 1 aromatic rings. The molecule has 1 rings (SSSR count). The van der Waals surface area contributed by atoms with E-state index in [1.54, 1.807) is 0 Å². The number of amides is 1.